The van der Waals surface area contributed by atoms with Crippen LogP contribution in [0.5, 0.6) is 0 Å². The van der Waals surface area contributed by atoms with E-state index in [1.165, 1.54) is 0 Å². The van der Waals surface area contributed by atoms with E-state index < -0.39 is 0 Å². The first-order valence-corrected chi connectivity index (χ1v) is 7.16. The van der Waals surface area contributed by atoms with Gasteiger partial charge in [-0.2, -0.15) is 0 Å². The second kappa shape index (κ2) is 6.26. The molecular formula is C16H18N4O2. The Hall–Kier alpha value is -2.23. The number of rotatable bonds is 2. The summed E-state index contributed by atoms with van der Waals surface area (Å²) in [6.07, 6.45) is 4.93. The Kier molecular flexibility index (Phi) is 4.18. The van der Waals surface area contributed by atoms with E-state index in [1.54, 1.807) is 23.3 Å². The summed E-state index contributed by atoms with van der Waals surface area (Å²) in [5.41, 5.74) is 1.53. The second-order valence-corrected chi connectivity index (χ2v) is 6.03. The summed E-state index contributed by atoms with van der Waals surface area (Å²) in [4.78, 5) is 4.01. The molecule has 0 aromatic carbocycles. The Morgan fingerprint density at radius 1 is 1.32 bits per heavy atom. The Labute approximate surface area is 129 Å². The lowest BCUT2D eigenvalue weighted by atomic mass is 9.96. The standard InChI is InChI=1S/C16H18N4O2/c1-16(2)11-21-15(22-12-16)10-20-9-14(18-19-20)6-5-13-4-3-7-17-8-13/h3-4,7-9,15H,10-12H2,1-2H3. The maximum Gasteiger partial charge on any atom is 0.177 e. The molecule has 0 spiro atoms. The van der Waals surface area contributed by atoms with Gasteiger partial charge in [-0.05, 0) is 18.1 Å². The monoisotopic (exact) mass is 298 g/mol. The van der Waals surface area contributed by atoms with Crippen molar-refractivity contribution in [2.75, 3.05) is 13.2 Å². The third-order valence-corrected chi connectivity index (χ3v) is 3.19. The molecule has 6 heteroatoms. The summed E-state index contributed by atoms with van der Waals surface area (Å²) < 4.78 is 13.1. The van der Waals surface area contributed by atoms with Gasteiger partial charge in [-0.1, -0.05) is 25.0 Å². The molecule has 0 amide bonds. The van der Waals surface area contributed by atoms with Crippen LogP contribution in [0.25, 0.3) is 0 Å². The van der Waals surface area contributed by atoms with E-state index in [4.69, 9.17) is 9.47 Å². The van der Waals surface area contributed by atoms with E-state index in [0.717, 1.165) is 5.56 Å². The maximum atomic E-state index is 5.68. The van der Waals surface area contributed by atoms with Gasteiger partial charge in [0.15, 0.2) is 12.0 Å². The van der Waals surface area contributed by atoms with Crippen LogP contribution >= 0.6 is 0 Å². The first kappa shape index (κ1) is 14.7. The van der Waals surface area contributed by atoms with E-state index in [2.05, 4.69) is 41.0 Å². The van der Waals surface area contributed by atoms with Gasteiger partial charge >= 0.3 is 0 Å². The van der Waals surface area contributed by atoms with Crippen LogP contribution in [0.15, 0.2) is 30.7 Å². The summed E-state index contributed by atoms with van der Waals surface area (Å²) in [6, 6.07) is 3.75. The molecule has 0 unspecified atom stereocenters. The molecular weight excluding hydrogens is 280 g/mol. The van der Waals surface area contributed by atoms with Crippen molar-refractivity contribution in [1.82, 2.24) is 20.0 Å². The largest absolute Gasteiger partial charge is 0.350 e. The van der Waals surface area contributed by atoms with Crippen LogP contribution in [0.1, 0.15) is 25.1 Å². The molecule has 1 aliphatic rings. The minimum absolute atomic E-state index is 0.0687. The highest BCUT2D eigenvalue weighted by molar-refractivity contribution is 5.37. The van der Waals surface area contributed by atoms with Crippen molar-refractivity contribution >= 4 is 0 Å². The number of hydrogen-bond acceptors (Lipinski definition) is 5. The normalized spacial score (nSPS) is 17.7. The molecule has 2 aromatic rings. The van der Waals surface area contributed by atoms with Gasteiger partial charge in [0.25, 0.3) is 0 Å². The van der Waals surface area contributed by atoms with Crippen molar-refractivity contribution in [1.29, 1.82) is 0 Å². The van der Waals surface area contributed by atoms with Gasteiger partial charge in [0.05, 0.1) is 26.0 Å². The Bertz CT molecular complexity index is 675. The minimum atomic E-state index is -0.283. The van der Waals surface area contributed by atoms with Crippen molar-refractivity contribution in [3.8, 4) is 11.8 Å². The van der Waals surface area contributed by atoms with Crippen LogP contribution in [0.4, 0.5) is 0 Å². The summed E-state index contributed by atoms with van der Waals surface area (Å²) in [5, 5.41) is 8.08. The molecule has 0 saturated carbocycles. The Morgan fingerprint density at radius 2 is 2.14 bits per heavy atom. The molecule has 114 valence electrons. The van der Waals surface area contributed by atoms with Crippen molar-refractivity contribution in [2.45, 2.75) is 26.7 Å². The van der Waals surface area contributed by atoms with Crippen LogP contribution in [0.3, 0.4) is 0 Å². The molecule has 0 bridgehead atoms. The summed E-state index contributed by atoms with van der Waals surface area (Å²) >= 11 is 0. The second-order valence-electron chi connectivity index (χ2n) is 6.03. The van der Waals surface area contributed by atoms with E-state index in [1.807, 2.05) is 12.1 Å². The molecule has 2 aromatic heterocycles. The summed E-state index contributed by atoms with van der Waals surface area (Å²) in [7, 11) is 0. The fourth-order valence-corrected chi connectivity index (χ4v) is 2.00. The maximum absolute atomic E-state index is 5.68. The Morgan fingerprint density at radius 3 is 2.86 bits per heavy atom. The van der Waals surface area contributed by atoms with E-state index >= 15 is 0 Å². The van der Waals surface area contributed by atoms with Crippen molar-refractivity contribution in [2.24, 2.45) is 5.41 Å². The topological polar surface area (TPSA) is 62.1 Å². The van der Waals surface area contributed by atoms with Crippen molar-refractivity contribution in [3.63, 3.8) is 0 Å². The fourth-order valence-electron chi connectivity index (χ4n) is 2.00. The number of aromatic nitrogens is 4. The predicted octanol–water partition coefficient (Wildman–Crippen LogP) is 1.47. The molecule has 0 N–H and O–H groups in total. The lowest BCUT2D eigenvalue weighted by Crippen LogP contribution is -2.39. The lowest BCUT2D eigenvalue weighted by Gasteiger charge is -2.34. The van der Waals surface area contributed by atoms with Crippen LogP contribution in [-0.2, 0) is 16.0 Å². The molecule has 1 fully saturated rings. The molecule has 3 rings (SSSR count). The van der Waals surface area contributed by atoms with Gasteiger partial charge in [0.2, 0.25) is 0 Å². The molecule has 3 heterocycles. The third-order valence-electron chi connectivity index (χ3n) is 3.19. The first-order chi connectivity index (χ1) is 10.6. The average Bonchev–Trinajstić information content (AvgIpc) is 2.96. The SMILES string of the molecule is CC1(C)COC(Cn2cc(C#Cc3cccnc3)nn2)OC1. The predicted molar refractivity (Wildman–Crippen MR) is 79.7 cm³/mol. The highest BCUT2D eigenvalue weighted by Gasteiger charge is 2.28. The quantitative estimate of drug-likeness (QED) is 0.786. The highest BCUT2D eigenvalue weighted by atomic mass is 16.7. The van der Waals surface area contributed by atoms with Crippen molar-refractivity contribution in [3.05, 3.63) is 42.0 Å². The zero-order chi connectivity index (χ0) is 15.4. The van der Waals surface area contributed by atoms with Crippen molar-refractivity contribution < 1.29 is 9.47 Å². The average molecular weight is 298 g/mol. The van der Waals surface area contributed by atoms with Crippen LogP contribution < -0.4 is 0 Å². The van der Waals surface area contributed by atoms with Gasteiger partial charge in [-0.25, -0.2) is 4.68 Å². The molecule has 0 atom stereocenters. The summed E-state index contributed by atoms with van der Waals surface area (Å²) in [5.74, 6) is 5.96. The molecule has 22 heavy (non-hydrogen) atoms. The molecule has 6 nitrogen and oxygen atoms in total. The van der Waals surface area contributed by atoms with Gasteiger partial charge in [-0.15, -0.1) is 5.10 Å². The highest BCUT2D eigenvalue weighted by Crippen LogP contribution is 2.23. The molecule has 0 aliphatic carbocycles. The number of hydrogen-bond donors (Lipinski definition) is 0. The van der Waals surface area contributed by atoms with Gasteiger partial charge in [-0.3, -0.25) is 4.98 Å². The van der Waals surface area contributed by atoms with Gasteiger partial charge < -0.3 is 9.47 Å². The van der Waals surface area contributed by atoms with E-state index in [0.29, 0.717) is 25.5 Å². The first-order valence-electron chi connectivity index (χ1n) is 7.16. The number of nitrogens with zero attached hydrogens (tertiary/aromatic N) is 4. The lowest BCUT2D eigenvalue weighted by molar-refractivity contribution is -0.227. The smallest absolute Gasteiger partial charge is 0.177 e. The molecule has 1 aliphatic heterocycles. The third kappa shape index (κ3) is 3.91. The fraction of sp³-hybridized carbons (Fsp3) is 0.438. The minimum Gasteiger partial charge on any atom is -0.350 e. The molecule has 1 saturated heterocycles. The van der Waals surface area contributed by atoms with Gasteiger partial charge in [0, 0.05) is 23.4 Å². The number of ether oxygens (including phenoxy) is 2. The number of pyridine rings is 1. The van der Waals surface area contributed by atoms with Gasteiger partial charge in [0.1, 0.15) is 0 Å². The Balaban J connectivity index is 1.59. The van der Waals surface area contributed by atoms with E-state index in [-0.39, 0.29) is 11.7 Å². The van der Waals surface area contributed by atoms with Crippen LogP contribution in [-0.4, -0.2) is 39.5 Å². The molecule has 0 radical (unpaired) electrons. The zero-order valence-electron chi connectivity index (χ0n) is 12.7. The van der Waals surface area contributed by atoms with Crippen LogP contribution in [0.2, 0.25) is 0 Å². The van der Waals surface area contributed by atoms with E-state index in [9.17, 15) is 0 Å². The van der Waals surface area contributed by atoms with Crippen LogP contribution in [0, 0.1) is 17.3 Å². The summed E-state index contributed by atoms with van der Waals surface area (Å²) in [6.45, 7) is 6.10. The zero-order valence-corrected chi connectivity index (χ0v) is 12.7.